The summed E-state index contributed by atoms with van der Waals surface area (Å²) in [6, 6.07) is 11.5. The van der Waals surface area contributed by atoms with Crippen LogP contribution in [0.15, 0.2) is 85.5 Å². The largest absolute Gasteiger partial charge is 0.493 e. The van der Waals surface area contributed by atoms with Crippen molar-refractivity contribution in [1.29, 1.82) is 0 Å². The Balaban J connectivity index is 0. The van der Waals surface area contributed by atoms with Gasteiger partial charge in [0.2, 0.25) is 0 Å². The summed E-state index contributed by atoms with van der Waals surface area (Å²) >= 11 is 0. The molecule has 0 bridgehead atoms. The van der Waals surface area contributed by atoms with E-state index in [9.17, 15) is 9.59 Å². The third-order valence-corrected chi connectivity index (χ3v) is 6.19. The Labute approximate surface area is 267 Å². The van der Waals surface area contributed by atoms with E-state index < -0.39 is 5.97 Å². The summed E-state index contributed by atoms with van der Waals surface area (Å²) in [6.07, 6.45) is 12.5. The first-order valence-corrected chi connectivity index (χ1v) is 14.9. The molecule has 0 amide bonds. The zero-order valence-electron chi connectivity index (χ0n) is 28.3. The molecule has 2 rings (SSSR count). The van der Waals surface area contributed by atoms with Crippen LogP contribution < -0.4 is 9.47 Å². The monoisotopic (exact) mass is 602 g/mol. The van der Waals surface area contributed by atoms with E-state index in [4.69, 9.17) is 14.6 Å². The van der Waals surface area contributed by atoms with Crippen molar-refractivity contribution in [1.82, 2.24) is 0 Å². The maximum Gasteiger partial charge on any atom is 0.303 e. The van der Waals surface area contributed by atoms with Gasteiger partial charge in [0.05, 0.1) is 18.3 Å². The molecule has 2 aromatic rings. The van der Waals surface area contributed by atoms with Gasteiger partial charge in [0.25, 0.3) is 0 Å². The second kappa shape index (κ2) is 25.2. The van der Waals surface area contributed by atoms with Crippen molar-refractivity contribution in [3.8, 4) is 23.8 Å². The number of carbonyl (C=O) groups excluding carboxylic acids is 1. The zero-order chi connectivity index (χ0) is 34.1. The number of Topliss-reactive ketones (excluding diaryl/α,β-unsaturated/α-hetero) is 1. The summed E-state index contributed by atoms with van der Waals surface area (Å²) in [5, 5.41) is 8.83. The highest BCUT2D eigenvalue weighted by Crippen LogP contribution is 2.25. The minimum Gasteiger partial charge on any atom is -0.493 e. The Kier molecular flexibility index (Phi) is 24.0. The predicted molar refractivity (Wildman–Crippen MR) is 187 cm³/mol. The predicted octanol–water partition coefficient (Wildman–Crippen LogP) is 9.93. The molecule has 0 spiro atoms. The number of aliphatic carboxylic acids is 1. The number of terminal acetylenes is 1. The fourth-order valence-corrected chi connectivity index (χ4v) is 3.26. The van der Waals surface area contributed by atoms with Crippen LogP contribution in [-0.2, 0) is 17.6 Å². The van der Waals surface area contributed by atoms with Crippen LogP contribution in [0.5, 0.6) is 11.5 Å². The van der Waals surface area contributed by atoms with E-state index in [0.717, 1.165) is 40.0 Å². The van der Waals surface area contributed by atoms with Gasteiger partial charge >= 0.3 is 5.97 Å². The molecule has 5 nitrogen and oxygen atoms in total. The second-order valence-corrected chi connectivity index (χ2v) is 10.2. The molecule has 1 N–H and O–H groups in total. The van der Waals surface area contributed by atoms with Crippen LogP contribution in [0.1, 0.15) is 94.8 Å². The summed E-state index contributed by atoms with van der Waals surface area (Å²) in [5.74, 6) is 2.79. The Morgan fingerprint density at radius 2 is 1.66 bits per heavy atom. The standard InChI is InChI=1S/C26H32O5.C6H10.C4H8.C3H4/c1-5-7-24(27)23-17-20(6-2)8-12-25(23)31-19(4)14-15-30-22-11-9-21(18(3)16-22)10-13-26(28)29;1-5(2)6(3)4;1-3-4-2;1-3-2/h5,8-9,11-12,16-17,19H,1,6-7,10,13-15H2,2-4H3,(H,28,29);1,3H2,2,4H3;3-4H,1-2H3;1H,2H3/b;;4-3-;. The van der Waals surface area contributed by atoms with Gasteiger partial charge in [-0.15, -0.1) is 18.9 Å². The maximum absolute atomic E-state index is 12.4. The van der Waals surface area contributed by atoms with Gasteiger partial charge in [-0.25, -0.2) is 0 Å². The van der Waals surface area contributed by atoms with E-state index in [-0.39, 0.29) is 24.7 Å². The summed E-state index contributed by atoms with van der Waals surface area (Å²) in [4.78, 5) is 23.2. The van der Waals surface area contributed by atoms with Gasteiger partial charge < -0.3 is 14.6 Å². The lowest BCUT2D eigenvalue weighted by atomic mass is 10.0. The minimum absolute atomic E-state index is 0.00205. The molecule has 0 aliphatic carbocycles. The number of ether oxygens (including phenoxy) is 2. The number of rotatable bonds is 14. The van der Waals surface area contributed by atoms with Crippen LogP contribution in [0.4, 0.5) is 0 Å². The number of benzene rings is 2. The zero-order valence-corrected chi connectivity index (χ0v) is 28.3. The first-order valence-electron chi connectivity index (χ1n) is 14.9. The molecule has 44 heavy (non-hydrogen) atoms. The second-order valence-electron chi connectivity index (χ2n) is 10.2. The number of aryl methyl sites for hydroxylation is 3. The van der Waals surface area contributed by atoms with Gasteiger partial charge in [0.1, 0.15) is 11.5 Å². The highest BCUT2D eigenvalue weighted by atomic mass is 16.5. The molecule has 0 saturated carbocycles. The first-order chi connectivity index (χ1) is 20.8. The van der Waals surface area contributed by atoms with E-state index in [1.807, 2.05) is 90.1 Å². The van der Waals surface area contributed by atoms with Crippen molar-refractivity contribution >= 4 is 11.8 Å². The van der Waals surface area contributed by atoms with Crippen molar-refractivity contribution in [2.24, 2.45) is 0 Å². The van der Waals surface area contributed by atoms with Crippen LogP contribution >= 0.6 is 0 Å². The van der Waals surface area contributed by atoms with Crippen LogP contribution in [0.3, 0.4) is 0 Å². The van der Waals surface area contributed by atoms with Crippen LogP contribution in [0, 0.1) is 19.3 Å². The Morgan fingerprint density at radius 1 is 1.07 bits per heavy atom. The Morgan fingerprint density at radius 3 is 2.11 bits per heavy atom. The molecule has 0 saturated heterocycles. The average Bonchev–Trinajstić information content (AvgIpc) is 2.97. The lowest BCUT2D eigenvalue weighted by Crippen LogP contribution is -2.17. The number of carboxylic acids is 1. The molecule has 0 radical (unpaired) electrons. The smallest absolute Gasteiger partial charge is 0.303 e. The first kappa shape index (κ1) is 41.8. The van der Waals surface area contributed by atoms with Crippen LogP contribution in [-0.4, -0.2) is 29.6 Å². The van der Waals surface area contributed by atoms with Crippen LogP contribution in [0.25, 0.3) is 0 Å². The fraction of sp³-hybridized carbons (Fsp3) is 0.385. The molecule has 0 heterocycles. The molecule has 0 fully saturated rings. The number of carbonyl (C=O) groups is 2. The van der Waals surface area contributed by atoms with E-state index >= 15 is 0 Å². The molecule has 0 aliphatic heterocycles. The third-order valence-electron chi connectivity index (χ3n) is 6.19. The van der Waals surface area contributed by atoms with Crippen molar-refractivity contribution in [2.75, 3.05) is 6.61 Å². The van der Waals surface area contributed by atoms with Crippen LogP contribution in [0.2, 0.25) is 0 Å². The quantitative estimate of drug-likeness (QED) is 0.101. The number of allylic oxidation sites excluding steroid dienone is 5. The number of ketones is 1. The highest BCUT2D eigenvalue weighted by Gasteiger charge is 2.15. The van der Waals surface area contributed by atoms with Crippen molar-refractivity contribution in [3.05, 3.63) is 108 Å². The van der Waals surface area contributed by atoms with E-state index in [1.165, 1.54) is 0 Å². The van der Waals surface area contributed by atoms with Gasteiger partial charge in [-0.3, -0.25) is 9.59 Å². The SMILES string of the molecule is C#CC.C/C=C\C.C=C(C)C(=C)C.C=CCC(=O)c1cc(CC)ccc1OC(C)CCOc1ccc(CCC(=O)O)c(C)c1. The normalized spacial score (nSPS) is 10.2. The van der Waals surface area contributed by atoms with Crippen molar-refractivity contribution in [3.63, 3.8) is 0 Å². The molecule has 5 heteroatoms. The molecule has 0 aromatic heterocycles. The van der Waals surface area contributed by atoms with Gasteiger partial charge in [-0.2, -0.15) is 0 Å². The molecular weight excluding hydrogens is 548 g/mol. The highest BCUT2D eigenvalue weighted by molar-refractivity contribution is 5.99. The van der Waals surface area contributed by atoms with Gasteiger partial charge in [-0.05, 0) is 102 Å². The van der Waals surface area contributed by atoms with Gasteiger partial charge in [-0.1, -0.05) is 61.6 Å². The summed E-state index contributed by atoms with van der Waals surface area (Å²) < 4.78 is 11.9. The molecule has 0 aliphatic rings. The lowest BCUT2D eigenvalue weighted by molar-refractivity contribution is -0.136. The lowest BCUT2D eigenvalue weighted by Gasteiger charge is -2.18. The Bertz CT molecular complexity index is 1240. The maximum atomic E-state index is 12.4. The van der Waals surface area contributed by atoms with Gasteiger partial charge in [0.15, 0.2) is 5.78 Å². The molecule has 240 valence electrons. The summed E-state index contributed by atoms with van der Waals surface area (Å²) in [6.45, 7) is 26.9. The number of hydrogen-bond donors (Lipinski definition) is 1. The topological polar surface area (TPSA) is 72.8 Å². The minimum atomic E-state index is -0.799. The molecular formula is C39H54O5. The van der Waals surface area contributed by atoms with Gasteiger partial charge in [0, 0.05) is 19.3 Å². The number of hydrogen-bond acceptors (Lipinski definition) is 4. The van der Waals surface area contributed by atoms with Crippen molar-refractivity contribution in [2.45, 2.75) is 93.6 Å². The van der Waals surface area contributed by atoms with E-state index in [2.05, 4.69) is 39.0 Å². The molecule has 1 atom stereocenters. The molecule has 1 unspecified atom stereocenters. The Hall–Kier alpha value is -4.30. The summed E-state index contributed by atoms with van der Waals surface area (Å²) in [5.41, 5.74) is 5.85. The van der Waals surface area contributed by atoms with Crippen molar-refractivity contribution < 1.29 is 24.2 Å². The summed E-state index contributed by atoms with van der Waals surface area (Å²) in [7, 11) is 0. The van der Waals surface area contributed by atoms with E-state index in [0.29, 0.717) is 30.8 Å². The van der Waals surface area contributed by atoms with E-state index in [1.54, 1.807) is 13.0 Å². The third kappa shape index (κ3) is 19.8. The fourth-order valence-electron chi connectivity index (χ4n) is 3.26. The molecule has 2 aromatic carbocycles. The number of carboxylic acid groups (broad SMARTS) is 1. The average molecular weight is 603 g/mol.